The monoisotopic (exact) mass is 268 g/mol. The predicted molar refractivity (Wildman–Crippen MR) is 75.9 cm³/mol. The molecule has 0 bridgehead atoms. The summed E-state index contributed by atoms with van der Waals surface area (Å²) in [7, 11) is 0. The van der Waals surface area contributed by atoms with Gasteiger partial charge in [-0.2, -0.15) is 0 Å². The lowest BCUT2D eigenvalue weighted by Crippen LogP contribution is -2.37. The highest BCUT2D eigenvalue weighted by Gasteiger charge is 2.21. The molecule has 3 nitrogen and oxygen atoms in total. The zero-order chi connectivity index (χ0) is 12.3. The normalized spacial score (nSPS) is 16.2. The van der Waals surface area contributed by atoms with Gasteiger partial charge < -0.3 is 10.6 Å². The Bertz CT molecular complexity index is 383. The van der Waals surface area contributed by atoms with E-state index in [-0.39, 0.29) is 18.3 Å². The van der Waals surface area contributed by atoms with Crippen LogP contribution < -0.4 is 5.73 Å². The summed E-state index contributed by atoms with van der Waals surface area (Å²) in [6.07, 6.45) is 2.24. The third kappa shape index (κ3) is 3.47. The van der Waals surface area contributed by atoms with Crippen molar-refractivity contribution in [2.24, 2.45) is 11.7 Å². The van der Waals surface area contributed by atoms with Crippen LogP contribution in [0, 0.1) is 5.92 Å². The van der Waals surface area contributed by atoms with Crippen molar-refractivity contribution >= 4 is 18.3 Å². The van der Waals surface area contributed by atoms with Gasteiger partial charge in [-0.3, -0.25) is 4.79 Å². The molecule has 18 heavy (non-hydrogen) atoms. The zero-order valence-corrected chi connectivity index (χ0v) is 11.6. The van der Waals surface area contributed by atoms with E-state index in [1.54, 1.807) is 0 Å². The number of halogens is 1. The molecule has 1 aliphatic rings. The van der Waals surface area contributed by atoms with E-state index in [0.29, 0.717) is 6.54 Å². The smallest absolute Gasteiger partial charge is 0.253 e. The molecule has 1 aliphatic heterocycles. The van der Waals surface area contributed by atoms with Gasteiger partial charge in [0.15, 0.2) is 0 Å². The van der Waals surface area contributed by atoms with Crippen molar-refractivity contribution < 1.29 is 4.79 Å². The minimum Gasteiger partial charge on any atom is -0.339 e. The Hall–Kier alpha value is -1.06. The summed E-state index contributed by atoms with van der Waals surface area (Å²) in [5.41, 5.74) is 7.38. The molecule has 0 aliphatic carbocycles. The van der Waals surface area contributed by atoms with Crippen LogP contribution in [0.25, 0.3) is 0 Å². The quantitative estimate of drug-likeness (QED) is 0.896. The van der Waals surface area contributed by atoms with Crippen LogP contribution in [0.4, 0.5) is 0 Å². The van der Waals surface area contributed by atoms with Gasteiger partial charge in [0.05, 0.1) is 0 Å². The minimum atomic E-state index is 0. The second-order valence-electron chi connectivity index (χ2n) is 4.88. The lowest BCUT2D eigenvalue weighted by molar-refractivity contribution is 0.0697. The first-order valence-corrected chi connectivity index (χ1v) is 6.29. The van der Waals surface area contributed by atoms with Crippen LogP contribution in [0.1, 0.15) is 35.7 Å². The molecule has 0 aromatic heterocycles. The number of hydrogen-bond acceptors (Lipinski definition) is 2. The van der Waals surface area contributed by atoms with E-state index in [0.717, 1.165) is 43.0 Å². The number of hydrogen-bond donors (Lipinski definition) is 1. The first-order chi connectivity index (χ1) is 8.20. The molecular formula is C14H21ClN2O. The van der Waals surface area contributed by atoms with E-state index in [2.05, 4.69) is 6.92 Å². The van der Waals surface area contributed by atoms with E-state index in [9.17, 15) is 4.79 Å². The van der Waals surface area contributed by atoms with Gasteiger partial charge in [-0.25, -0.2) is 0 Å². The largest absolute Gasteiger partial charge is 0.339 e. The summed E-state index contributed by atoms with van der Waals surface area (Å²) in [6, 6.07) is 7.62. The number of carbonyl (C=O) groups excluding carboxylic acids is 1. The van der Waals surface area contributed by atoms with Gasteiger partial charge in [-0.15, -0.1) is 12.4 Å². The number of piperidine rings is 1. The van der Waals surface area contributed by atoms with Gasteiger partial charge in [0.1, 0.15) is 0 Å². The van der Waals surface area contributed by atoms with Crippen molar-refractivity contribution in [1.82, 2.24) is 4.90 Å². The van der Waals surface area contributed by atoms with Crippen LogP contribution in [-0.4, -0.2) is 23.9 Å². The first kappa shape index (κ1) is 15.0. The Morgan fingerprint density at radius 2 is 1.83 bits per heavy atom. The molecule has 4 heteroatoms. The van der Waals surface area contributed by atoms with Crippen molar-refractivity contribution in [2.75, 3.05) is 13.1 Å². The van der Waals surface area contributed by atoms with Crippen LogP contribution >= 0.6 is 12.4 Å². The maximum absolute atomic E-state index is 12.2. The van der Waals surface area contributed by atoms with E-state index in [1.807, 2.05) is 29.2 Å². The second kappa shape index (κ2) is 6.76. The molecule has 0 radical (unpaired) electrons. The average molecular weight is 269 g/mol. The minimum absolute atomic E-state index is 0. The maximum Gasteiger partial charge on any atom is 0.253 e. The first-order valence-electron chi connectivity index (χ1n) is 6.29. The lowest BCUT2D eigenvalue weighted by atomic mass is 9.98. The van der Waals surface area contributed by atoms with Gasteiger partial charge >= 0.3 is 0 Å². The average Bonchev–Trinajstić information content (AvgIpc) is 2.39. The Morgan fingerprint density at radius 1 is 1.28 bits per heavy atom. The number of nitrogens with zero attached hydrogens (tertiary/aromatic N) is 1. The molecule has 100 valence electrons. The zero-order valence-electron chi connectivity index (χ0n) is 10.8. The van der Waals surface area contributed by atoms with Crippen molar-refractivity contribution in [1.29, 1.82) is 0 Å². The fraction of sp³-hybridized carbons (Fsp3) is 0.500. The molecule has 1 amide bonds. The maximum atomic E-state index is 12.2. The standard InChI is InChI=1S/C14H20N2O.ClH/c1-11-6-8-16(9-7-11)14(17)13-4-2-12(10-15)3-5-13;/h2-5,11H,6-10,15H2,1H3;1H. The van der Waals surface area contributed by atoms with Crippen LogP contribution in [0.3, 0.4) is 0 Å². The van der Waals surface area contributed by atoms with Gasteiger partial charge in [-0.05, 0) is 36.5 Å². The third-order valence-corrected chi connectivity index (χ3v) is 3.51. The molecule has 0 atom stereocenters. The topological polar surface area (TPSA) is 46.3 Å². The van der Waals surface area contributed by atoms with Gasteiger partial charge in [-0.1, -0.05) is 19.1 Å². The molecule has 1 aromatic carbocycles. The predicted octanol–water partition coefficient (Wildman–Crippen LogP) is 2.44. The van der Waals surface area contributed by atoms with E-state index >= 15 is 0 Å². The number of likely N-dealkylation sites (tertiary alicyclic amines) is 1. The molecule has 1 saturated heterocycles. The van der Waals surface area contributed by atoms with Crippen molar-refractivity contribution in [2.45, 2.75) is 26.3 Å². The van der Waals surface area contributed by atoms with E-state index in [1.165, 1.54) is 0 Å². The van der Waals surface area contributed by atoms with E-state index < -0.39 is 0 Å². The molecule has 0 saturated carbocycles. The fourth-order valence-electron chi connectivity index (χ4n) is 2.18. The third-order valence-electron chi connectivity index (χ3n) is 3.51. The SMILES string of the molecule is CC1CCN(C(=O)c2ccc(CN)cc2)CC1.Cl. The summed E-state index contributed by atoms with van der Waals surface area (Å²) < 4.78 is 0. The molecule has 0 spiro atoms. The van der Waals surface area contributed by atoms with Crippen molar-refractivity contribution in [3.63, 3.8) is 0 Å². The Kier molecular flexibility index (Phi) is 5.63. The number of nitrogens with two attached hydrogens (primary N) is 1. The highest BCUT2D eigenvalue weighted by Crippen LogP contribution is 2.18. The Morgan fingerprint density at radius 3 is 2.33 bits per heavy atom. The molecule has 0 unspecified atom stereocenters. The van der Waals surface area contributed by atoms with Crippen LogP contribution in [0.15, 0.2) is 24.3 Å². The Labute approximate surface area is 115 Å². The molecule has 1 fully saturated rings. The van der Waals surface area contributed by atoms with Gasteiger partial charge in [0.2, 0.25) is 0 Å². The lowest BCUT2D eigenvalue weighted by Gasteiger charge is -2.30. The highest BCUT2D eigenvalue weighted by molar-refractivity contribution is 5.94. The van der Waals surface area contributed by atoms with Crippen LogP contribution in [0.5, 0.6) is 0 Å². The molecule has 2 N–H and O–H groups in total. The van der Waals surface area contributed by atoms with Crippen molar-refractivity contribution in [3.05, 3.63) is 35.4 Å². The van der Waals surface area contributed by atoms with Gasteiger partial charge in [0.25, 0.3) is 5.91 Å². The summed E-state index contributed by atoms with van der Waals surface area (Å²) in [5.74, 6) is 0.902. The van der Waals surface area contributed by atoms with Crippen LogP contribution in [-0.2, 0) is 6.54 Å². The second-order valence-corrected chi connectivity index (χ2v) is 4.88. The number of amides is 1. The molecule has 2 rings (SSSR count). The summed E-state index contributed by atoms with van der Waals surface area (Å²) in [4.78, 5) is 14.2. The number of rotatable bonds is 2. The highest BCUT2D eigenvalue weighted by atomic mass is 35.5. The molecule has 1 aromatic rings. The molecular weight excluding hydrogens is 248 g/mol. The van der Waals surface area contributed by atoms with Crippen LogP contribution in [0.2, 0.25) is 0 Å². The Balaban J connectivity index is 0.00000162. The number of benzene rings is 1. The fourth-order valence-corrected chi connectivity index (χ4v) is 2.18. The summed E-state index contributed by atoms with van der Waals surface area (Å²) in [6.45, 7) is 4.55. The summed E-state index contributed by atoms with van der Waals surface area (Å²) in [5, 5.41) is 0. The summed E-state index contributed by atoms with van der Waals surface area (Å²) >= 11 is 0. The molecule has 1 heterocycles. The number of carbonyl (C=O) groups is 1. The van der Waals surface area contributed by atoms with Gasteiger partial charge in [0, 0.05) is 25.2 Å². The van der Waals surface area contributed by atoms with Crippen molar-refractivity contribution in [3.8, 4) is 0 Å². The van der Waals surface area contributed by atoms with E-state index in [4.69, 9.17) is 5.73 Å².